The van der Waals surface area contributed by atoms with Gasteiger partial charge in [-0.2, -0.15) is 0 Å². The number of esters is 1. The fraction of sp³-hybridized carbons (Fsp3) is 0.391. The van der Waals surface area contributed by atoms with Crippen molar-refractivity contribution in [3.05, 3.63) is 54.1 Å². The van der Waals surface area contributed by atoms with Gasteiger partial charge < -0.3 is 14.8 Å². The van der Waals surface area contributed by atoms with Gasteiger partial charge in [0.15, 0.2) is 0 Å². The van der Waals surface area contributed by atoms with Crippen LogP contribution in [0.3, 0.4) is 0 Å². The molecule has 0 heterocycles. The summed E-state index contributed by atoms with van der Waals surface area (Å²) < 4.78 is 38.5. The van der Waals surface area contributed by atoms with E-state index in [1.807, 2.05) is 0 Å². The smallest absolute Gasteiger partial charge is 0.331 e. The molecule has 0 unspecified atom stereocenters. The third kappa shape index (κ3) is 5.04. The summed E-state index contributed by atoms with van der Waals surface area (Å²) in [6.07, 6.45) is 2.51. The molecule has 0 spiro atoms. The van der Waals surface area contributed by atoms with E-state index in [1.54, 1.807) is 24.3 Å². The van der Waals surface area contributed by atoms with Crippen molar-refractivity contribution in [1.82, 2.24) is 5.32 Å². The zero-order valence-corrected chi connectivity index (χ0v) is 19.2. The van der Waals surface area contributed by atoms with Gasteiger partial charge in [0.2, 0.25) is 0 Å². The molecule has 2 aromatic rings. The standard InChI is InChI=1S/C23H28N2O6S/c1-16-11-13-23(14-12-16,22(27)31-3)24-21(26)17-7-6-8-18(15-17)32(28,29)25-19-9-4-5-10-20(19)30-2/h4-10,15-16,25H,11-14H2,1-3H3,(H,24,26). The SMILES string of the molecule is COC(=O)C1(NC(=O)c2cccc(S(=O)(=O)Nc3ccccc3OC)c2)CCC(C)CC1. The monoisotopic (exact) mass is 460 g/mol. The average Bonchev–Trinajstić information content (AvgIpc) is 2.80. The molecule has 3 rings (SSSR count). The highest BCUT2D eigenvalue weighted by Crippen LogP contribution is 2.33. The van der Waals surface area contributed by atoms with Crippen LogP contribution in [0.25, 0.3) is 0 Å². The third-order valence-corrected chi connectivity index (χ3v) is 7.18. The summed E-state index contributed by atoms with van der Waals surface area (Å²) in [7, 11) is -1.24. The van der Waals surface area contributed by atoms with Crippen molar-refractivity contribution in [2.45, 2.75) is 43.0 Å². The number of ether oxygens (including phenoxy) is 2. The predicted molar refractivity (Wildman–Crippen MR) is 120 cm³/mol. The van der Waals surface area contributed by atoms with Gasteiger partial charge in [-0.3, -0.25) is 9.52 Å². The number of amides is 1. The number of benzene rings is 2. The number of nitrogens with one attached hydrogen (secondary N) is 2. The van der Waals surface area contributed by atoms with Crippen LogP contribution in [-0.2, 0) is 19.6 Å². The lowest BCUT2D eigenvalue weighted by atomic mass is 9.77. The van der Waals surface area contributed by atoms with Crippen LogP contribution >= 0.6 is 0 Å². The summed E-state index contributed by atoms with van der Waals surface area (Å²) in [4.78, 5) is 25.4. The van der Waals surface area contributed by atoms with Gasteiger partial charge in [-0.1, -0.05) is 25.1 Å². The fourth-order valence-electron chi connectivity index (χ4n) is 3.86. The first-order chi connectivity index (χ1) is 15.2. The summed E-state index contributed by atoms with van der Waals surface area (Å²) >= 11 is 0. The molecule has 0 radical (unpaired) electrons. The van der Waals surface area contributed by atoms with E-state index in [0.717, 1.165) is 12.8 Å². The van der Waals surface area contributed by atoms with Crippen molar-refractivity contribution in [2.24, 2.45) is 5.92 Å². The molecular formula is C23H28N2O6S. The van der Waals surface area contributed by atoms with Crippen LogP contribution in [0.15, 0.2) is 53.4 Å². The number of rotatable bonds is 7. The van der Waals surface area contributed by atoms with Crippen LogP contribution in [0.2, 0.25) is 0 Å². The van der Waals surface area contributed by atoms with Gasteiger partial charge in [-0.25, -0.2) is 13.2 Å². The minimum absolute atomic E-state index is 0.0829. The average molecular weight is 461 g/mol. The van der Waals surface area contributed by atoms with Gasteiger partial charge in [-0.15, -0.1) is 0 Å². The van der Waals surface area contributed by atoms with Gasteiger partial charge in [-0.05, 0) is 61.9 Å². The maximum atomic E-state index is 13.0. The molecule has 1 aliphatic carbocycles. The molecule has 2 N–H and O–H groups in total. The summed E-state index contributed by atoms with van der Waals surface area (Å²) in [6.45, 7) is 2.10. The lowest BCUT2D eigenvalue weighted by molar-refractivity contribution is -0.150. The summed E-state index contributed by atoms with van der Waals surface area (Å²) in [6, 6.07) is 12.3. The van der Waals surface area contributed by atoms with Crippen LogP contribution in [-0.4, -0.2) is 40.1 Å². The minimum Gasteiger partial charge on any atom is -0.495 e. The zero-order valence-electron chi connectivity index (χ0n) is 18.4. The molecule has 1 saturated carbocycles. The number of carbonyl (C=O) groups excluding carboxylic acids is 2. The van der Waals surface area contributed by atoms with Crippen molar-refractivity contribution in [1.29, 1.82) is 0 Å². The van der Waals surface area contributed by atoms with E-state index in [9.17, 15) is 18.0 Å². The highest BCUT2D eigenvalue weighted by atomic mass is 32.2. The molecule has 32 heavy (non-hydrogen) atoms. The van der Waals surface area contributed by atoms with E-state index in [1.165, 1.54) is 38.5 Å². The molecule has 1 amide bonds. The number of sulfonamides is 1. The number of anilines is 1. The maximum absolute atomic E-state index is 13.0. The van der Waals surface area contributed by atoms with E-state index >= 15 is 0 Å². The number of methoxy groups -OCH3 is 2. The highest BCUT2D eigenvalue weighted by molar-refractivity contribution is 7.92. The van der Waals surface area contributed by atoms with Gasteiger partial charge in [0, 0.05) is 5.56 Å². The van der Waals surface area contributed by atoms with Crippen molar-refractivity contribution in [3.8, 4) is 5.75 Å². The first-order valence-corrected chi connectivity index (χ1v) is 11.9. The predicted octanol–water partition coefficient (Wildman–Crippen LogP) is 3.35. The second-order valence-corrected chi connectivity index (χ2v) is 9.73. The first kappa shape index (κ1) is 23.6. The van der Waals surface area contributed by atoms with E-state index in [0.29, 0.717) is 24.5 Å². The second-order valence-electron chi connectivity index (χ2n) is 8.04. The number of hydrogen-bond donors (Lipinski definition) is 2. The normalized spacial score (nSPS) is 20.8. The number of carbonyl (C=O) groups is 2. The van der Waals surface area contributed by atoms with Crippen molar-refractivity contribution >= 4 is 27.6 Å². The molecule has 2 aromatic carbocycles. The molecule has 9 heteroatoms. The van der Waals surface area contributed by atoms with Gasteiger partial charge in [0.25, 0.3) is 15.9 Å². The molecule has 0 aliphatic heterocycles. The lowest BCUT2D eigenvalue weighted by Crippen LogP contribution is -2.56. The first-order valence-electron chi connectivity index (χ1n) is 10.4. The quantitative estimate of drug-likeness (QED) is 0.613. The van der Waals surface area contributed by atoms with Crippen LogP contribution in [0.1, 0.15) is 43.0 Å². The van der Waals surface area contributed by atoms with Crippen LogP contribution in [0, 0.1) is 5.92 Å². The highest BCUT2D eigenvalue weighted by Gasteiger charge is 2.43. The van der Waals surface area contributed by atoms with Gasteiger partial charge >= 0.3 is 5.97 Å². The Morgan fingerprint density at radius 2 is 1.72 bits per heavy atom. The summed E-state index contributed by atoms with van der Waals surface area (Å²) in [5, 5.41) is 2.82. The summed E-state index contributed by atoms with van der Waals surface area (Å²) in [5.74, 6) is -0.186. The number of hydrogen-bond acceptors (Lipinski definition) is 6. The molecule has 172 valence electrons. The lowest BCUT2D eigenvalue weighted by Gasteiger charge is -2.37. The molecule has 1 aliphatic rings. The molecule has 1 fully saturated rings. The zero-order chi connectivity index (χ0) is 23.4. The summed E-state index contributed by atoms with van der Waals surface area (Å²) in [5.41, 5.74) is -0.691. The van der Waals surface area contributed by atoms with E-state index in [4.69, 9.17) is 9.47 Å². The Hall–Kier alpha value is -3.07. The van der Waals surface area contributed by atoms with Crippen molar-refractivity contribution < 1.29 is 27.5 Å². The Morgan fingerprint density at radius 3 is 2.38 bits per heavy atom. The maximum Gasteiger partial charge on any atom is 0.331 e. The Labute approximate surface area is 188 Å². The van der Waals surface area contributed by atoms with Gasteiger partial charge in [0.1, 0.15) is 11.3 Å². The van der Waals surface area contributed by atoms with Crippen molar-refractivity contribution in [2.75, 3.05) is 18.9 Å². The van der Waals surface area contributed by atoms with E-state index < -0.39 is 27.4 Å². The molecule has 0 aromatic heterocycles. The van der Waals surface area contributed by atoms with Crippen molar-refractivity contribution in [3.63, 3.8) is 0 Å². The molecule has 0 bridgehead atoms. The molecular weight excluding hydrogens is 432 g/mol. The molecule has 8 nitrogen and oxygen atoms in total. The second kappa shape index (κ2) is 9.60. The minimum atomic E-state index is -3.98. The van der Waals surface area contributed by atoms with E-state index in [2.05, 4.69) is 17.0 Å². The molecule has 0 saturated heterocycles. The fourth-order valence-corrected chi connectivity index (χ4v) is 4.97. The Balaban J connectivity index is 1.84. The van der Waals surface area contributed by atoms with Crippen LogP contribution in [0.4, 0.5) is 5.69 Å². The van der Waals surface area contributed by atoms with Crippen LogP contribution < -0.4 is 14.8 Å². The number of para-hydroxylation sites is 2. The van der Waals surface area contributed by atoms with Gasteiger partial charge in [0.05, 0.1) is 24.8 Å². The largest absolute Gasteiger partial charge is 0.495 e. The van der Waals surface area contributed by atoms with E-state index in [-0.39, 0.29) is 16.1 Å². The Morgan fingerprint density at radius 1 is 1.03 bits per heavy atom. The Bertz CT molecular complexity index is 1090. The topological polar surface area (TPSA) is 111 Å². The van der Waals surface area contributed by atoms with Crippen LogP contribution in [0.5, 0.6) is 5.75 Å². The molecule has 0 atom stereocenters. The Kier molecular flexibility index (Phi) is 7.08. The third-order valence-electron chi connectivity index (χ3n) is 5.81.